The number of aromatic nitrogens is 5. The van der Waals surface area contributed by atoms with Crippen LogP contribution >= 0.6 is 11.3 Å². The van der Waals surface area contributed by atoms with Crippen molar-refractivity contribution in [2.45, 2.75) is 19.4 Å². The number of nitrogens with one attached hydrogen (secondary N) is 1. The first-order chi connectivity index (χ1) is 17.2. The molecule has 2 aromatic heterocycles. The minimum Gasteiger partial charge on any atom is -0.389 e. The van der Waals surface area contributed by atoms with Gasteiger partial charge in [0.05, 0.1) is 5.69 Å². The second-order valence-corrected chi connectivity index (χ2v) is 8.94. The molecule has 0 aliphatic heterocycles. The number of hydrogen-bond acceptors (Lipinski definition) is 8. The molecule has 0 bridgehead atoms. The maximum absolute atomic E-state index is 12.7. The third-order valence-corrected chi connectivity index (χ3v) is 6.25. The fourth-order valence-electron chi connectivity index (χ4n) is 3.59. The highest BCUT2D eigenvalue weighted by atomic mass is 32.1. The van der Waals surface area contributed by atoms with Crippen LogP contribution in [0.25, 0.3) is 5.57 Å². The monoisotopic (exact) mass is 485 g/mol. The van der Waals surface area contributed by atoms with Crippen LogP contribution in [0.15, 0.2) is 77.3 Å². The Morgan fingerprint density at radius 2 is 1.86 bits per heavy atom. The summed E-state index contributed by atoms with van der Waals surface area (Å²) in [6.07, 6.45) is 3.92. The molecule has 0 saturated heterocycles. The predicted molar refractivity (Wildman–Crippen MR) is 134 cm³/mol. The number of thiazole rings is 1. The van der Waals surface area contributed by atoms with Crippen LogP contribution < -0.4 is 5.32 Å². The molecule has 5 rings (SSSR count). The van der Waals surface area contributed by atoms with Gasteiger partial charge in [-0.15, -0.1) is 16.4 Å². The Morgan fingerprint density at radius 1 is 1.14 bits per heavy atom. The number of oxime groups is 1. The molecule has 0 radical (unpaired) electrons. The molecule has 35 heavy (non-hydrogen) atoms. The molecule has 2 aromatic carbocycles. The van der Waals surface area contributed by atoms with E-state index in [4.69, 9.17) is 4.84 Å². The number of amides is 1. The zero-order chi connectivity index (χ0) is 24.0. The van der Waals surface area contributed by atoms with Crippen LogP contribution in [-0.2, 0) is 23.3 Å². The zero-order valence-corrected chi connectivity index (χ0v) is 19.9. The molecular weight excluding hydrogens is 462 g/mol. The van der Waals surface area contributed by atoms with Gasteiger partial charge in [0, 0.05) is 24.1 Å². The van der Waals surface area contributed by atoms with Gasteiger partial charge in [-0.2, -0.15) is 0 Å². The lowest BCUT2D eigenvalue weighted by Crippen LogP contribution is -2.12. The summed E-state index contributed by atoms with van der Waals surface area (Å²) < 4.78 is 1.53. The van der Waals surface area contributed by atoms with Crippen molar-refractivity contribution in [1.82, 2.24) is 25.2 Å². The van der Waals surface area contributed by atoms with Crippen LogP contribution in [0.3, 0.4) is 0 Å². The smallest absolute Gasteiger partial charge is 0.250 e. The van der Waals surface area contributed by atoms with Gasteiger partial charge in [0.1, 0.15) is 0 Å². The van der Waals surface area contributed by atoms with E-state index >= 15 is 0 Å². The van der Waals surface area contributed by atoms with E-state index in [-0.39, 0.29) is 12.5 Å². The number of carbonyl (C=O) groups excluding carboxylic acids is 1. The van der Waals surface area contributed by atoms with E-state index in [0.717, 1.165) is 29.5 Å². The van der Waals surface area contributed by atoms with E-state index in [1.807, 2.05) is 66.0 Å². The van der Waals surface area contributed by atoms with Gasteiger partial charge in [-0.05, 0) is 40.3 Å². The highest BCUT2D eigenvalue weighted by Crippen LogP contribution is 2.41. The van der Waals surface area contributed by atoms with Crippen molar-refractivity contribution in [3.05, 3.63) is 94.8 Å². The molecule has 10 heteroatoms. The molecule has 1 aliphatic rings. The van der Waals surface area contributed by atoms with Crippen LogP contribution in [0.1, 0.15) is 35.5 Å². The Balaban J connectivity index is 1.25. The molecule has 0 spiro atoms. The van der Waals surface area contributed by atoms with E-state index in [1.54, 1.807) is 13.1 Å². The van der Waals surface area contributed by atoms with Crippen molar-refractivity contribution in [1.29, 1.82) is 0 Å². The fraction of sp³-hybridized carbons (Fsp3) is 0.200. The summed E-state index contributed by atoms with van der Waals surface area (Å²) in [5, 5.41) is 21.1. The number of aryl methyl sites for hydroxylation is 1. The Labute approximate surface area is 206 Å². The summed E-state index contributed by atoms with van der Waals surface area (Å²) in [7, 11) is 1.74. The summed E-state index contributed by atoms with van der Waals surface area (Å²) in [6.45, 7) is 0.140. The Kier molecular flexibility index (Phi) is 6.71. The van der Waals surface area contributed by atoms with Gasteiger partial charge in [0.15, 0.2) is 17.5 Å². The van der Waals surface area contributed by atoms with Crippen molar-refractivity contribution >= 4 is 33.7 Å². The molecule has 1 saturated carbocycles. The lowest BCUT2D eigenvalue weighted by Gasteiger charge is -2.06. The largest absolute Gasteiger partial charge is 0.389 e. The van der Waals surface area contributed by atoms with Crippen molar-refractivity contribution in [3.8, 4) is 0 Å². The zero-order valence-electron chi connectivity index (χ0n) is 19.0. The number of allylic oxidation sites excluding steroid dienone is 1. The highest BCUT2D eigenvalue weighted by Gasteiger charge is 2.27. The summed E-state index contributed by atoms with van der Waals surface area (Å²) in [5.41, 5.74) is 4.16. The molecule has 1 fully saturated rings. The lowest BCUT2D eigenvalue weighted by molar-refractivity contribution is -0.111. The Bertz CT molecular complexity index is 1360. The molecular formula is C25H23N7O2S. The van der Waals surface area contributed by atoms with Gasteiger partial charge in [-0.1, -0.05) is 65.8 Å². The van der Waals surface area contributed by atoms with E-state index in [9.17, 15) is 4.79 Å². The van der Waals surface area contributed by atoms with Crippen molar-refractivity contribution in [2.24, 2.45) is 18.1 Å². The Hall–Kier alpha value is -4.18. The number of hydrogen-bond donors (Lipinski definition) is 1. The Morgan fingerprint density at radius 3 is 2.51 bits per heavy atom. The van der Waals surface area contributed by atoms with Crippen LogP contribution in [0.5, 0.6) is 0 Å². The molecule has 1 aliphatic carbocycles. The highest BCUT2D eigenvalue weighted by molar-refractivity contribution is 7.13. The minimum absolute atomic E-state index is 0.140. The second-order valence-electron chi connectivity index (χ2n) is 8.08. The molecule has 1 amide bonds. The number of carbonyl (C=O) groups is 1. The number of benzene rings is 2. The first-order valence-electron chi connectivity index (χ1n) is 11.2. The quantitative estimate of drug-likeness (QED) is 0.218. The summed E-state index contributed by atoms with van der Waals surface area (Å²) in [5.74, 6) is 0.750. The molecule has 2 heterocycles. The third-order valence-electron chi connectivity index (χ3n) is 5.44. The number of tetrazole rings is 1. The maximum Gasteiger partial charge on any atom is 0.250 e. The summed E-state index contributed by atoms with van der Waals surface area (Å²) >= 11 is 1.34. The average Bonchev–Trinajstić information content (AvgIpc) is 3.49. The minimum atomic E-state index is -0.184. The first kappa shape index (κ1) is 22.6. The molecule has 176 valence electrons. The molecule has 4 aromatic rings. The molecule has 9 nitrogen and oxygen atoms in total. The predicted octanol–water partition coefficient (Wildman–Crippen LogP) is 4.07. The van der Waals surface area contributed by atoms with Gasteiger partial charge < -0.3 is 4.84 Å². The normalized spacial score (nSPS) is 14.1. The second kappa shape index (κ2) is 10.4. The first-order valence-corrected chi connectivity index (χ1v) is 12.1. The number of rotatable bonds is 9. The van der Waals surface area contributed by atoms with Crippen LogP contribution in [0, 0.1) is 5.92 Å². The van der Waals surface area contributed by atoms with Gasteiger partial charge in [-0.25, -0.2) is 9.67 Å². The lowest BCUT2D eigenvalue weighted by atomic mass is 10.0. The summed E-state index contributed by atoms with van der Waals surface area (Å²) in [6, 6.07) is 19.6. The number of nitrogens with zero attached hydrogens (tertiary/aromatic N) is 6. The molecule has 1 N–H and O–H groups in total. The number of anilines is 1. The van der Waals surface area contributed by atoms with Crippen molar-refractivity contribution < 1.29 is 9.63 Å². The van der Waals surface area contributed by atoms with E-state index in [0.29, 0.717) is 28.3 Å². The van der Waals surface area contributed by atoms with Crippen LogP contribution in [0.4, 0.5) is 5.13 Å². The van der Waals surface area contributed by atoms with Gasteiger partial charge in [0.2, 0.25) is 11.7 Å². The topological polar surface area (TPSA) is 107 Å². The maximum atomic E-state index is 12.7. The van der Waals surface area contributed by atoms with Crippen molar-refractivity contribution in [3.63, 3.8) is 0 Å². The standard InChI is InChI=1S/C25H23N7O2S/c1-32-24(28-30-31-32)23(19-10-6-3-7-11-19)29-34-15-20-16-35-25(26-20)27-22(33)14-21(18-12-13-18)17-8-4-2-5-9-17/h2-11,14,16,18H,12-13,15H2,1H3,(H,26,27,33)/b21-14-,29-23+. The fourth-order valence-corrected chi connectivity index (χ4v) is 4.28. The van der Waals surface area contributed by atoms with E-state index < -0.39 is 0 Å². The summed E-state index contributed by atoms with van der Waals surface area (Å²) in [4.78, 5) is 22.7. The van der Waals surface area contributed by atoms with Crippen LogP contribution in [0.2, 0.25) is 0 Å². The van der Waals surface area contributed by atoms with E-state index in [2.05, 4.69) is 31.0 Å². The van der Waals surface area contributed by atoms with Crippen LogP contribution in [-0.4, -0.2) is 36.8 Å². The van der Waals surface area contributed by atoms with E-state index in [1.165, 1.54) is 16.0 Å². The average molecular weight is 486 g/mol. The third kappa shape index (κ3) is 5.67. The van der Waals surface area contributed by atoms with Gasteiger partial charge in [-0.3, -0.25) is 10.1 Å². The van der Waals surface area contributed by atoms with Crippen molar-refractivity contribution in [2.75, 3.05) is 5.32 Å². The molecule has 0 atom stereocenters. The molecule has 0 unspecified atom stereocenters. The van der Waals surface area contributed by atoms with Gasteiger partial charge >= 0.3 is 0 Å². The van der Waals surface area contributed by atoms with Gasteiger partial charge in [0.25, 0.3) is 0 Å². The SMILES string of the molecule is Cn1nnnc1/C(=N/OCc1csc(NC(=O)/C=C(/c2ccccc2)C2CC2)n1)c1ccccc1.